The Hall–Kier alpha value is -5.67. The summed E-state index contributed by atoms with van der Waals surface area (Å²) in [5.74, 6) is 1.93. The second-order valence-electron chi connectivity index (χ2n) is 11.4. The molecule has 221 valence electrons. The maximum absolute atomic E-state index is 4.97. The first-order valence-electron chi connectivity index (χ1n) is 15.6. The summed E-state index contributed by atoms with van der Waals surface area (Å²) in [6.07, 6.45) is 0. The Balaban J connectivity index is 1.17. The van der Waals surface area contributed by atoms with Crippen LogP contribution < -0.4 is 4.46 Å². The minimum absolute atomic E-state index is 0.633. The first-order valence-corrected chi connectivity index (χ1v) is 16.4. The number of hydrogen-bond donors (Lipinski definition) is 0. The Morgan fingerprint density at radius 1 is 0.298 bits per heavy atom. The summed E-state index contributed by atoms with van der Waals surface area (Å²) in [4.78, 5) is 14.8. The zero-order chi connectivity index (χ0) is 31.6. The average Bonchev–Trinajstić information content (AvgIpc) is 3.15. The molecule has 47 heavy (non-hydrogen) atoms. The average molecular weight is 666 g/mol. The van der Waals surface area contributed by atoms with E-state index in [0.29, 0.717) is 17.5 Å². The van der Waals surface area contributed by atoms with Crippen LogP contribution in [-0.2, 0) is 0 Å². The van der Waals surface area contributed by atoms with Gasteiger partial charge >= 0.3 is 253 Å². The molecular formula is C43H28N3Se. The predicted octanol–water partition coefficient (Wildman–Crippen LogP) is 9.82. The molecule has 0 amide bonds. The first-order chi connectivity index (χ1) is 23.2. The van der Waals surface area contributed by atoms with Gasteiger partial charge in [-0.05, 0) is 0 Å². The van der Waals surface area contributed by atoms with E-state index in [-0.39, 0.29) is 0 Å². The molecule has 0 aliphatic rings. The number of aromatic nitrogens is 3. The second kappa shape index (κ2) is 12.6. The molecule has 0 bridgehead atoms. The minimum atomic E-state index is 0.633. The zero-order valence-corrected chi connectivity index (χ0v) is 27.1. The van der Waals surface area contributed by atoms with Gasteiger partial charge in [0.15, 0.2) is 0 Å². The molecular weight excluding hydrogens is 637 g/mol. The molecule has 8 aromatic rings. The topological polar surface area (TPSA) is 38.7 Å². The molecule has 0 saturated heterocycles. The Morgan fingerprint density at radius 3 is 1.32 bits per heavy atom. The van der Waals surface area contributed by atoms with Crippen molar-refractivity contribution in [1.82, 2.24) is 15.0 Å². The van der Waals surface area contributed by atoms with Gasteiger partial charge in [0.25, 0.3) is 0 Å². The molecule has 0 N–H and O–H groups in total. The number of benzene rings is 7. The van der Waals surface area contributed by atoms with E-state index in [0.717, 1.165) is 32.3 Å². The summed E-state index contributed by atoms with van der Waals surface area (Å²) in [6, 6.07) is 59.1. The van der Waals surface area contributed by atoms with Crippen LogP contribution in [0.25, 0.3) is 78.3 Å². The fourth-order valence-corrected chi connectivity index (χ4v) is 6.70. The van der Waals surface area contributed by atoms with Crippen molar-refractivity contribution in [3.8, 4) is 67.5 Å². The third-order valence-corrected chi connectivity index (χ3v) is 9.33. The van der Waals surface area contributed by atoms with Crippen molar-refractivity contribution < 1.29 is 0 Å². The molecule has 1 heterocycles. The molecule has 0 unspecified atom stereocenters. The molecule has 8 rings (SSSR count). The van der Waals surface area contributed by atoms with Crippen LogP contribution in [0.3, 0.4) is 0 Å². The molecule has 0 aliphatic heterocycles. The predicted molar refractivity (Wildman–Crippen MR) is 195 cm³/mol. The molecule has 3 nitrogen and oxygen atoms in total. The van der Waals surface area contributed by atoms with Gasteiger partial charge in [-0.15, -0.1) is 0 Å². The van der Waals surface area contributed by atoms with E-state index in [2.05, 4.69) is 125 Å². The summed E-state index contributed by atoms with van der Waals surface area (Å²) < 4.78 is 1.00. The van der Waals surface area contributed by atoms with Gasteiger partial charge in [-0.1, -0.05) is 30.3 Å². The molecule has 0 saturated carbocycles. The van der Waals surface area contributed by atoms with Crippen molar-refractivity contribution >= 4 is 31.2 Å². The third kappa shape index (κ3) is 5.89. The van der Waals surface area contributed by atoms with Gasteiger partial charge < -0.3 is 0 Å². The van der Waals surface area contributed by atoms with E-state index in [9.17, 15) is 0 Å². The summed E-state index contributed by atoms with van der Waals surface area (Å²) >= 11 is 3.36. The Kier molecular flexibility index (Phi) is 7.72. The van der Waals surface area contributed by atoms with E-state index in [1.165, 1.54) is 33.0 Å². The first kappa shape index (κ1) is 28.8. The molecule has 0 aliphatic carbocycles. The summed E-state index contributed by atoms with van der Waals surface area (Å²) in [5, 5.41) is 2.45. The van der Waals surface area contributed by atoms with Gasteiger partial charge in [0.1, 0.15) is 0 Å². The monoisotopic (exact) mass is 666 g/mol. The quantitative estimate of drug-likeness (QED) is 0.166. The van der Waals surface area contributed by atoms with Crippen molar-refractivity contribution in [3.05, 3.63) is 170 Å². The van der Waals surface area contributed by atoms with Crippen LogP contribution in [0.2, 0.25) is 0 Å². The normalized spacial score (nSPS) is 11.1. The zero-order valence-electron chi connectivity index (χ0n) is 25.4. The van der Waals surface area contributed by atoms with Crippen LogP contribution in [-0.4, -0.2) is 31.0 Å². The summed E-state index contributed by atoms with van der Waals surface area (Å²) in [5.41, 5.74) is 9.86. The number of nitrogens with zero attached hydrogens (tertiary/aromatic N) is 3. The third-order valence-electron chi connectivity index (χ3n) is 8.41. The van der Waals surface area contributed by atoms with Crippen molar-refractivity contribution in [1.29, 1.82) is 0 Å². The maximum atomic E-state index is 4.97. The van der Waals surface area contributed by atoms with Crippen molar-refractivity contribution in [3.63, 3.8) is 0 Å². The van der Waals surface area contributed by atoms with Crippen molar-refractivity contribution in [2.24, 2.45) is 0 Å². The van der Waals surface area contributed by atoms with E-state index >= 15 is 0 Å². The molecule has 4 heteroatoms. The van der Waals surface area contributed by atoms with Gasteiger partial charge in [-0.3, -0.25) is 0 Å². The molecule has 1 radical (unpaired) electrons. The summed E-state index contributed by atoms with van der Waals surface area (Å²) in [7, 11) is 0. The molecule has 0 fully saturated rings. The van der Waals surface area contributed by atoms with Crippen LogP contribution in [0.4, 0.5) is 0 Å². The number of hydrogen-bond acceptors (Lipinski definition) is 3. The van der Waals surface area contributed by atoms with Crippen LogP contribution in [0.1, 0.15) is 0 Å². The number of rotatable bonds is 6. The van der Waals surface area contributed by atoms with E-state index in [4.69, 9.17) is 15.0 Å². The summed E-state index contributed by atoms with van der Waals surface area (Å²) in [6.45, 7) is 0. The van der Waals surface area contributed by atoms with E-state index < -0.39 is 0 Å². The van der Waals surface area contributed by atoms with Gasteiger partial charge in [0, 0.05) is 0 Å². The van der Waals surface area contributed by atoms with Gasteiger partial charge in [0.05, 0.1) is 0 Å². The molecule has 7 aromatic carbocycles. The van der Waals surface area contributed by atoms with Crippen LogP contribution >= 0.6 is 0 Å². The number of fused-ring (bicyclic) bond motifs is 1. The SMILES string of the molecule is [Se]c1c(-c2cccc(-c3ccc4cc(-c5ccccc5)ccc4c3)c2)cccc1-c1nc(-c2ccccc2)nc(-c2ccccc2)n1. The standard InChI is InChI=1S/C43H28N3Se/c47-40-38(20-11-21-39(40)43-45-41(30-14-6-2-7-15-30)44-42(46-43)31-16-8-3-9-17-31)37-19-10-18-32(28-37)34-24-25-35-26-33(22-23-36(35)27-34)29-12-4-1-5-13-29/h1-28H. The molecule has 0 atom stereocenters. The fourth-order valence-electron chi connectivity index (χ4n) is 5.97. The Morgan fingerprint density at radius 2 is 0.723 bits per heavy atom. The van der Waals surface area contributed by atoms with Crippen LogP contribution in [0.15, 0.2) is 170 Å². The fraction of sp³-hybridized carbons (Fsp3) is 0. The van der Waals surface area contributed by atoms with Gasteiger partial charge in [0.2, 0.25) is 0 Å². The van der Waals surface area contributed by atoms with Crippen LogP contribution in [0, 0.1) is 0 Å². The molecule has 0 spiro atoms. The second-order valence-corrected chi connectivity index (χ2v) is 12.3. The van der Waals surface area contributed by atoms with Crippen molar-refractivity contribution in [2.45, 2.75) is 0 Å². The van der Waals surface area contributed by atoms with E-state index in [1.807, 2.05) is 60.7 Å². The van der Waals surface area contributed by atoms with E-state index in [1.54, 1.807) is 0 Å². The van der Waals surface area contributed by atoms with Crippen LogP contribution in [0.5, 0.6) is 0 Å². The van der Waals surface area contributed by atoms with Crippen molar-refractivity contribution in [2.75, 3.05) is 0 Å². The Labute approximate surface area is 282 Å². The molecule has 1 aromatic heterocycles. The van der Waals surface area contributed by atoms with Gasteiger partial charge in [-0.25, -0.2) is 0 Å². The van der Waals surface area contributed by atoms with Gasteiger partial charge in [-0.2, -0.15) is 0 Å². The Bertz CT molecular complexity index is 2300.